The predicted octanol–water partition coefficient (Wildman–Crippen LogP) is 4.35. The molecule has 3 aromatic carbocycles. The fourth-order valence-corrected chi connectivity index (χ4v) is 2.55. The number of nitrogens with zero attached hydrogens (tertiary/aromatic N) is 1. The molecule has 3 aromatic rings. The van der Waals surface area contributed by atoms with Crippen LogP contribution in [0.25, 0.3) is 0 Å². The first kappa shape index (κ1) is 17.2. The third-order valence-electron chi connectivity index (χ3n) is 3.91. The van der Waals surface area contributed by atoms with Crippen LogP contribution in [-0.4, -0.2) is 16.8 Å². The van der Waals surface area contributed by atoms with Crippen LogP contribution in [0.4, 0.5) is 11.4 Å². The van der Waals surface area contributed by atoms with Gasteiger partial charge in [0.05, 0.1) is 11.3 Å². The lowest BCUT2D eigenvalue weighted by molar-refractivity contribution is 0.102. The van der Waals surface area contributed by atoms with Crippen LogP contribution in [0.15, 0.2) is 78.0 Å². The maximum absolute atomic E-state index is 12.7. The van der Waals surface area contributed by atoms with Crippen molar-refractivity contribution < 1.29 is 14.8 Å². The number of ketones is 2. The molecule has 2 N–H and O–H groups in total. The Hall–Kier alpha value is -3.64. The second kappa shape index (κ2) is 7.50. The van der Waals surface area contributed by atoms with Crippen LogP contribution in [-0.2, 0) is 0 Å². The van der Waals surface area contributed by atoms with Gasteiger partial charge in [0.2, 0.25) is 0 Å². The normalized spacial score (nSPS) is 10.2. The first-order valence-electron chi connectivity index (χ1n) is 7.76. The number of benzene rings is 3. The highest BCUT2D eigenvalue weighted by atomic mass is 16.5. The van der Waals surface area contributed by atoms with Crippen molar-refractivity contribution in [1.29, 1.82) is 0 Å². The maximum atomic E-state index is 12.7. The monoisotopic (exact) mass is 346 g/mol. The van der Waals surface area contributed by atoms with E-state index in [1.807, 2.05) is 11.5 Å². The molecule has 0 heterocycles. The third-order valence-corrected chi connectivity index (χ3v) is 3.91. The molecule has 0 fully saturated rings. The van der Waals surface area contributed by atoms with Crippen LogP contribution < -0.4 is 5.48 Å². The van der Waals surface area contributed by atoms with Crippen LogP contribution in [0, 0.1) is 4.91 Å². The van der Waals surface area contributed by atoms with Crippen LogP contribution in [0.5, 0.6) is 0 Å². The molecule has 0 atom stereocenters. The molecular weight excluding hydrogens is 332 g/mol. The third kappa shape index (κ3) is 3.40. The van der Waals surface area contributed by atoms with Gasteiger partial charge in [-0.15, -0.1) is 4.91 Å². The van der Waals surface area contributed by atoms with E-state index in [0.717, 1.165) is 0 Å². The molecule has 0 unspecified atom stereocenters. The second-order valence-electron chi connectivity index (χ2n) is 5.54. The van der Waals surface area contributed by atoms with E-state index in [0.29, 0.717) is 16.7 Å². The molecule has 0 saturated heterocycles. The highest BCUT2D eigenvalue weighted by molar-refractivity contribution is 6.13. The minimum Gasteiger partial charge on any atom is -0.291 e. The largest absolute Gasteiger partial charge is 0.291 e. The minimum atomic E-state index is -0.435. The Morgan fingerprint density at radius 1 is 0.769 bits per heavy atom. The van der Waals surface area contributed by atoms with Crippen molar-refractivity contribution in [3.8, 4) is 0 Å². The Labute approximate surface area is 149 Å². The van der Waals surface area contributed by atoms with Crippen LogP contribution >= 0.6 is 0 Å². The lowest BCUT2D eigenvalue weighted by Crippen LogP contribution is -2.05. The first-order valence-corrected chi connectivity index (χ1v) is 7.76. The maximum Gasteiger partial charge on any atom is 0.195 e. The van der Waals surface area contributed by atoms with Gasteiger partial charge in [-0.05, 0) is 23.4 Å². The standard InChI is InChI=1S/C20H14N2O4/c23-19(13-4-2-1-3-5-13)14-6-8-15(9-7-14)20(24)17-12-16(21-25)10-11-18(17)22-26/h1-12,21,25H. The average Bonchev–Trinajstić information content (AvgIpc) is 2.73. The zero-order valence-corrected chi connectivity index (χ0v) is 13.5. The van der Waals surface area contributed by atoms with Crippen LogP contribution in [0.3, 0.4) is 0 Å². The number of carbonyl (C=O) groups excluding carboxylic acids is 2. The molecular formula is C20H14N2O4. The lowest BCUT2D eigenvalue weighted by Gasteiger charge is -2.07. The SMILES string of the molecule is O=Nc1ccc(NO)cc1C(=O)c1ccc(C(=O)c2ccccc2)cc1. The van der Waals surface area contributed by atoms with E-state index in [1.54, 1.807) is 36.4 Å². The fraction of sp³-hybridized carbons (Fsp3) is 0. The molecule has 0 aromatic heterocycles. The number of nitroso groups, excluding NO2 is 1. The van der Waals surface area contributed by atoms with E-state index in [2.05, 4.69) is 5.18 Å². The second-order valence-corrected chi connectivity index (χ2v) is 5.54. The van der Waals surface area contributed by atoms with Crippen LogP contribution in [0.1, 0.15) is 31.8 Å². The van der Waals surface area contributed by atoms with Gasteiger partial charge in [-0.1, -0.05) is 54.6 Å². The summed E-state index contributed by atoms with van der Waals surface area (Å²) >= 11 is 0. The molecule has 0 radical (unpaired) electrons. The molecule has 26 heavy (non-hydrogen) atoms. The Morgan fingerprint density at radius 2 is 1.35 bits per heavy atom. The van der Waals surface area contributed by atoms with Gasteiger partial charge in [0.1, 0.15) is 5.69 Å². The smallest absolute Gasteiger partial charge is 0.195 e. The molecule has 0 amide bonds. The van der Waals surface area contributed by atoms with Crippen molar-refractivity contribution in [2.75, 3.05) is 5.48 Å². The van der Waals surface area contributed by atoms with Crippen molar-refractivity contribution in [3.05, 3.63) is 100.0 Å². The van der Waals surface area contributed by atoms with Gasteiger partial charge in [-0.25, -0.2) is 0 Å². The Balaban J connectivity index is 1.90. The highest BCUT2D eigenvalue weighted by Gasteiger charge is 2.16. The minimum absolute atomic E-state index is 0.0292. The molecule has 3 rings (SSSR count). The van der Waals surface area contributed by atoms with Gasteiger partial charge >= 0.3 is 0 Å². The van der Waals surface area contributed by atoms with Crippen molar-refractivity contribution >= 4 is 22.9 Å². The molecule has 6 heteroatoms. The zero-order chi connectivity index (χ0) is 18.5. The number of hydrogen-bond donors (Lipinski definition) is 2. The summed E-state index contributed by atoms with van der Waals surface area (Å²) < 4.78 is 0. The van der Waals surface area contributed by atoms with Crippen molar-refractivity contribution in [3.63, 3.8) is 0 Å². The molecule has 0 spiro atoms. The lowest BCUT2D eigenvalue weighted by atomic mass is 9.97. The van der Waals surface area contributed by atoms with Gasteiger partial charge in [-0.2, -0.15) is 0 Å². The fourth-order valence-electron chi connectivity index (χ4n) is 2.55. The molecule has 6 nitrogen and oxygen atoms in total. The Kier molecular flexibility index (Phi) is 4.96. The average molecular weight is 346 g/mol. The van der Waals surface area contributed by atoms with Gasteiger partial charge in [0.25, 0.3) is 0 Å². The molecule has 0 saturated carbocycles. The van der Waals surface area contributed by atoms with E-state index in [9.17, 15) is 14.5 Å². The van der Waals surface area contributed by atoms with E-state index in [-0.39, 0.29) is 22.7 Å². The number of carbonyl (C=O) groups is 2. The van der Waals surface area contributed by atoms with E-state index in [1.165, 1.54) is 30.3 Å². The zero-order valence-electron chi connectivity index (χ0n) is 13.5. The quantitative estimate of drug-likeness (QED) is 0.393. The summed E-state index contributed by atoms with van der Waals surface area (Å²) in [6.45, 7) is 0. The van der Waals surface area contributed by atoms with Gasteiger partial charge in [0.15, 0.2) is 11.6 Å². The van der Waals surface area contributed by atoms with Crippen molar-refractivity contribution in [2.45, 2.75) is 0 Å². The van der Waals surface area contributed by atoms with E-state index in [4.69, 9.17) is 5.21 Å². The van der Waals surface area contributed by atoms with Gasteiger partial charge in [-0.3, -0.25) is 20.3 Å². The van der Waals surface area contributed by atoms with E-state index < -0.39 is 5.78 Å². The van der Waals surface area contributed by atoms with Gasteiger partial charge in [0, 0.05) is 16.7 Å². The molecule has 0 bridgehead atoms. The van der Waals surface area contributed by atoms with Gasteiger partial charge < -0.3 is 0 Å². The van der Waals surface area contributed by atoms with Crippen molar-refractivity contribution in [1.82, 2.24) is 0 Å². The molecule has 128 valence electrons. The number of nitrogens with one attached hydrogen (secondary N) is 1. The van der Waals surface area contributed by atoms with E-state index >= 15 is 0 Å². The summed E-state index contributed by atoms with van der Waals surface area (Å²) in [5, 5.41) is 11.8. The number of anilines is 1. The topological polar surface area (TPSA) is 95.8 Å². The summed E-state index contributed by atoms with van der Waals surface area (Å²) in [4.78, 5) is 36.0. The highest BCUT2D eigenvalue weighted by Crippen LogP contribution is 2.26. The number of rotatable bonds is 6. The summed E-state index contributed by atoms with van der Waals surface area (Å²) in [5.74, 6) is -0.582. The first-order chi connectivity index (χ1) is 12.6. The number of hydrogen-bond acceptors (Lipinski definition) is 6. The Bertz CT molecular complexity index is 967. The predicted molar refractivity (Wildman–Crippen MR) is 97.1 cm³/mol. The molecule has 0 aliphatic heterocycles. The summed E-state index contributed by atoms with van der Waals surface area (Å²) in [5.41, 5.74) is 3.52. The summed E-state index contributed by atoms with van der Waals surface area (Å²) in [7, 11) is 0. The summed E-state index contributed by atoms with van der Waals surface area (Å²) in [6.07, 6.45) is 0. The molecule has 0 aliphatic carbocycles. The Morgan fingerprint density at radius 3 is 1.92 bits per heavy atom. The summed E-state index contributed by atoms with van der Waals surface area (Å²) in [6, 6.07) is 19.1. The van der Waals surface area contributed by atoms with Crippen LogP contribution in [0.2, 0.25) is 0 Å². The van der Waals surface area contributed by atoms with Crippen molar-refractivity contribution in [2.24, 2.45) is 5.18 Å². The molecule has 0 aliphatic rings.